The van der Waals surface area contributed by atoms with Crippen LogP contribution >= 0.6 is 7.26 Å². The molecular formula is C22H24BrOP. The van der Waals surface area contributed by atoms with E-state index in [0.717, 1.165) is 6.16 Å². The number of hydrogen-bond donors (Lipinski definition) is 1. The van der Waals surface area contributed by atoms with Gasteiger partial charge in [-0.15, -0.1) is 0 Å². The largest absolute Gasteiger partial charge is 1.00 e. The number of aliphatic hydroxyl groups excluding tert-OH is 1. The van der Waals surface area contributed by atoms with Crippen LogP contribution in [0.3, 0.4) is 0 Å². The van der Waals surface area contributed by atoms with Crippen molar-refractivity contribution in [2.24, 2.45) is 5.92 Å². The quantitative estimate of drug-likeness (QED) is 0.586. The van der Waals surface area contributed by atoms with Crippen molar-refractivity contribution in [2.75, 3.05) is 12.8 Å². The first kappa shape index (κ1) is 19.8. The topological polar surface area (TPSA) is 20.2 Å². The second kappa shape index (κ2) is 9.29. The minimum atomic E-state index is -1.79. The molecule has 0 saturated carbocycles. The molecule has 1 atom stereocenters. The van der Waals surface area contributed by atoms with Crippen LogP contribution in [0.5, 0.6) is 0 Å². The van der Waals surface area contributed by atoms with Crippen molar-refractivity contribution in [3.05, 3.63) is 91.0 Å². The Morgan fingerprint density at radius 2 is 1.00 bits per heavy atom. The van der Waals surface area contributed by atoms with Crippen LogP contribution in [-0.4, -0.2) is 17.9 Å². The van der Waals surface area contributed by atoms with Gasteiger partial charge in [0.05, 0.1) is 6.16 Å². The molecule has 25 heavy (non-hydrogen) atoms. The zero-order valence-corrected chi connectivity index (χ0v) is 16.9. The normalized spacial score (nSPS) is 12.2. The molecular weight excluding hydrogens is 391 g/mol. The molecule has 0 spiro atoms. The van der Waals surface area contributed by atoms with E-state index in [-0.39, 0.29) is 29.5 Å². The lowest BCUT2D eigenvalue weighted by Gasteiger charge is -2.29. The fourth-order valence-electron chi connectivity index (χ4n) is 3.34. The molecule has 3 heteroatoms. The highest BCUT2D eigenvalue weighted by molar-refractivity contribution is 7.95. The van der Waals surface area contributed by atoms with Gasteiger partial charge >= 0.3 is 0 Å². The van der Waals surface area contributed by atoms with Crippen LogP contribution in [0, 0.1) is 5.92 Å². The van der Waals surface area contributed by atoms with Gasteiger partial charge in [-0.25, -0.2) is 0 Å². The predicted molar refractivity (Wildman–Crippen MR) is 106 cm³/mol. The minimum absolute atomic E-state index is 0. The summed E-state index contributed by atoms with van der Waals surface area (Å²) in [6.45, 7) is 2.36. The monoisotopic (exact) mass is 414 g/mol. The maximum absolute atomic E-state index is 9.76. The molecule has 0 saturated heterocycles. The highest BCUT2D eigenvalue weighted by Crippen LogP contribution is 2.56. The first-order valence-corrected chi connectivity index (χ1v) is 10.4. The number of benzene rings is 3. The Balaban J connectivity index is 0.00000225. The van der Waals surface area contributed by atoms with Gasteiger partial charge in [0.2, 0.25) is 0 Å². The first-order chi connectivity index (χ1) is 11.8. The molecule has 0 fully saturated rings. The highest BCUT2D eigenvalue weighted by atomic mass is 79.9. The average molecular weight is 415 g/mol. The van der Waals surface area contributed by atoms with Gasteiger partial charge in [0.25, 0.3) is 0 Å². The van der Waals surface area contributed by atoms with E-state index in [9.17, 15) is 5.11 Å². The van der Waals surface area contributed by atoms with Crippen molar-refractivity contribution in [2.45, 2.75) is 6.92 Å². The standard InChI is InChI=1S/C22H24OP.BrH/c1-19(17-23)18-24(20-11-5-2-6-12-20,21-13-7-3-8-14-21)22-15-9-4-10-16-22;/h2-16,19,23H,17-18H2,1H3;1H/q+1;/p-1. The molecule has 3 aromatic rings. The Labute approximate surface area is 161 Å². The molecule has 0 aromatic heterocycles. The molecule has 3 rings (SSSR count). The summed E-state index contributed by atoms with van der Waals surface area (Å²) in [5.41, 5.74) is 0. The maximum Gasteiger partial charge on any atom is 0.112 e. The number of hydrogen-bond acceptors (Lipinski definition) is 1. The molecule has 1 nitrogen and oxygen atoms in total. The van der Waals surface area contributed by atoms with E-state index in [1.165, 1.54) is 15.9 Å². The van der Waals surface area contributed by atoms with Gasteiger partial charge in [-0.3, -0.25) is 0 Å². The van der Waals surface area contributed by atoms with E-state index in [1.54, 1.807) is 0 Å². The number of aliphatic hydroxyl groups is 1. The lowest BCUT2D eigenvalue weighted by Crippen LogP contribution is -3.00. The Morgan fingerprint density at radius 1 is 0.680 bits per heavy atom. The summed E-state index contributed by atoms with van der Waals surface area (Å²) in [6.07, 6.45) is 0.974. The van der Waals surface area contributed by atoms with Crippen LogP contribution in [0.25, 0.3) is 0 Å². The zero-order chi connectivity index (χ0) is 16.8. The summed E-state index contributed by atoms with van der Waals surface area (Å²) in [6, 6.07) is 32.5. The summed E-state index contributed by atoms with van der Waals surface area (Å²) >= 11 is 0. The van der Waals surface area contributed by atoms with Gasteiger partial charge in [0.1, 0.15) is 23.2 Å². The summed E-state index contributed by atoms with van der Waals surface area (Å²) in [5.74, 6) is 0.249. The Morgan fingerprint density at radius 3 is 1.28 bits per heavy atom. The number of halogens is 1. The van der Waals surface area contributed by atoms with E-state index < -0.39 is 7.26 Å². The van der Waals surface area contributed by atoms with E-state index in [4.69, 9.17) is 0 Å². The molecule has 1 unspecified atom stereocenters. The summed E-state index contributed by atoms with van der Waals surface area (Å²) < 4.78 is 0. The second-order valence-electron chi connectivity index (χ2n) is 6.29. The lowest BCUT2D eigenvalue weighted by molar-refractivity contribution is -0.00000568. The SMILES string of the molecule is CC(CO)C[P+](c1ccccc1)(c1ccccc1)c1ccccc1.[Br-]. The van der Waals surface area contributed by atoms with Gasteiger partial charge in [0, 0.05) is 12.5 Å². The van der Waals surface area contributed by atoms with Crippen molar-refractivity contribution >= 4 is 23.2 Å². The van der Waals surface area contributed by atoms with Gasteiger partial charge < -0.3 is 22.1 Å². The Bertz CT molecular complexity index is 650. The van der Waals surface area contributed by atoms with Crippen LogP contribution in [0.15, 0.2) is 91.0 Å². The van der Waals surface area contributed by atoms with E-state index in [2.05, 4.69) is 97.9 Å². The van der Waals surface area contributed by atoms with Crippen molar-refractivity contribution in [1.82, 2.24) is 0 Å². The van der Waals surface area contributed by atoms with Crippen LogP contribution in [0.1, 0.15) is 6.92 Å². The summed E-state index contributed by atoms with van der Waals surface area (Å²) in [7, 11) is -1.79. The molecule has 0 aliphatic heterocycles. The highest BCUT2D eigenvalue weighted by Gasteiger charge is 2.45. The van der Waals surface area contributed by atoms with Crippen molar-refractivity contribution in [3.8, 4) is 0 Å². The third-order valence-corrected chi connectivity index (χ3v) is 9.20. The van der Waals surface area contributed by atoms with Crippen LogP contribution < -0.4 is 32.9 Å². The van der Waals surface area contributed by atoms with Crippen molar-refractivity contribution < 1.29 is 22.1 Å². The fourth-order valence-corrected chi connectivity index (χ4v) is 7.96. The molecule has 0 aliphatic carbocycles. The number of rotatable bonds is 6. The van der Waals surface area contributed by atoms with Crippen molar-refractivity contribution in [3.63, 3.8) is 0 Å². The molecule has 0 heterocycles. The third kappa shape index (κ3) is 4.20. The van der Waals surface area contributed by atoms with Crippen LogP contribution in [0.4, 0.5) is 0 Å². The summed E-state index contributed by atoms with van der Waals surface area (Å²) in [4.78, 5) is 0. The van der Waals surface area contributed by atoms with E-state index >= 15 is 0 Å². The third-order valence-electron chi connectivity index (χ3n) is 4.49. The molecule has 3 aromatic carbocycles. The van der Waals surface area contributed by atoms with Gasteiger partial charge in [0.15, 0.2) is 0 Å². The average Bonchev–Trinajstić information content (AvgIpc) is 2.68. The zero-order valence-electron chi connectivity index (χ0n) is 14.4. The maximum atomic E-state index is 9.76. The minimum Gasteiger partial charge on any atom is -1.00 e. The molecule has 0 bridgehead atoms. The molecule has 0 amide bonds. The predicted octanol–water partition coefficient (Wildman–Crippen LogP) is 0.613. The molecule has 0 aliphatic rings. The Hall–Kier alpha value is -1.47. The van der Waals surface area contributed by atoms with Gasteiger partial charge in [-0.1, -0.05) is 61.5 Å². The second-order valence-corrected chi connectivity index (χ2v) is 9.82. The Kier molecular flexibility index (Phi) is 7.38. The van der Waals surface area contributed by atoms with Gasteiger partial charge in [-0.2, -0.15) is 0 Å². The van der Waals surface area contributed by atoms with E-state index in [1.807, 2.05) is 0 Å². The smallest absolute Gasteiger partial charge is 0.112 e. The van der Waals surface area contributed by atoms with Crippen molar-refractivity contribution in [1.29, 1.82) is 0 Å². The van der Waals surface area contributed by atoms with Gasteiger partial charge in [-0.05, 0) is 36.4 Å². The first-order valence-electron chi connectivity index (χ1n) is 8.43. The summed E-state index contributed by atoms with van der Waals surface area (Å²) in [5, 5.41) is 13.9. The van der Waals surface area contributed by atoms with E-state index in [0.29, 0.717) is 0 Å². The van der Waals surface area contributed by atoms with Crippen LogP contribution in [-0.2, 0) is 0 Å². The molecule has 130 valence electrons. The van der Waals surface area contributed by atoms with Crippen LogP contribution in [0.2, 0.25) is 0 Å². The molecule has 1 N–H and O–H groups in total. The fraction of sp³-hybridized carbons (Fsp3) is 0.182. The molecule has 0 radical (unpaired) electrons. The lowest BCUT2D eigenvalue weighted by atomic mass is 10.2.